The van der Waals surface area contributed by atoms with Crippen LogP contribution in [-0.2, 0) is 6.42 Å². The Morgan fingerprint density at radius 2 is 1.74 bits per heavy atom. The summed E-state index contributed by atoms with van der Waals surface area (Å²) in [5.41, 5.74) is 7.72. The van der Waals surface area contributed by atoms with Crippen LogP contribution in [0.15, 0.2) is 67.4 Å². The predicted octanol–water partition coefficient (Wildman–Crippen LogP) is 5.65. The quantitative estimate of drug-likeness (QED) is 0.415. The van der Waals surface area contributed by atoms with Crippen LogP contribution in [0.25, 0.3) is 16.6 Å². The maximum Gasteiger partial charge on any atom is 0.155 e. The Bertz CT molecular complexity index is 1340. The Morgan fingerprint density at radius 3 is 2.58 bits per heavy atom. The van der Waals surface area contributed by atoms with Gasteiger partial charge in [-0.05, 0) is 73.4 Å². The fourth-order valence-corrected chi connectivity index (χ4v) is 3.57. The second kappa shape index (κ2) is 8.92. The molecule has 2 aromatic carbocycles. The molecule has 0 atom stereocenters. The number of rotatable bonds is 4. The third-order valence-corrected chi connectivity index (χ3v) is 5.14. The van der Waals surface area contributed by atoms with E-state index in [1.165, 1.54) is 22.3 Å². The lowest BCUT2D eigenvalue weighted by Gasteiger charge is -2.12. The Kier molecular flexibility index (Phi) is 5.89. The molecule has 5 aromatic rings. The third kappa shape index (κ3) is 4.38. The zero-order chi connectivity index (χ0) is 21.8. The minimum atomic E-state index is 0.822. The van der Waals surface area contributed by atoms with Crippen molar-refractivity contribution < 1.29 is 0 Å². The van der Waals surface area contributed by atoms with E-state index in [9.17, 15) is 0 Å². The minimum absolute atomic E-state index is 0.822. The summed E-state index contributed by atoms with van der Waals surface area (Å²) in [7, 11) is 0. The molecule has 31 heavy (non-hydrogen) atoms. The predicted molar refractivity (Wildman–Crippen MR) is 126 cm³/mol. The molecule has 0 spiro atoms. The molecule has 0 bridgehead atoms. The number of anilines is 2. The first-order chi connectivity index (χ1) is 15.2. The first-order valence-corrected chi connectivity index (χ1v) is 10.5. The third-order valence-electron chi connectivity index (χ3n) is 5.14. The number of aromatic nitrogens is 5. The first-order valence-electron chi connectivity index (χ1n) is 10.5. The molecular weight excluding hydrogens is 384 g/mol. The number of hydrogen-bond acceptors (Lipinski definition) is 5. The summed E-state index contributed by atoms with van der Waals surface area (Å²) in [6, 6.07) is 16.8. The van der Waals surface area contributed by atoms with Crippen molar-refractivity contribution in [2.24, 2.45) is 0 Å². The van der Waals surface area contributed by atoms with Crippen LogP contribution in [0.5, 0.6) is 0 Å². The lowest BCUT2D eigenvalue weighted by atomic mass is 10.0. The van der Waals surface area contributed by atoms with Crippen molar-refractivity contribution in [1.29, 1.82) is 0 Å². The average molecular weight is 411 g/mol. The highest BCUT2D eigenvalue weighted by atomic mass is 15.3. The van der Waals surface area contributed by atoms with Crippen LogP contribution in [-0.4, -0.2) is 24.6 Å². The van der Waals surface area contributed by atoms with Crippen molar-refractivity contribution in [1.82, 2.24) is 24.6 Å². The normalized spacial score (nSPS) is 10.7. The second-order valence-electron chi connectivity index (χ2n) is 7.28. The molecule has 0 aliphatic carbocycles. The van der Waals surface area contributed by atoms with E-state index in [-0.39, 0.29) is 0 Å². The van der Waals surface area contributed by atoms with E-state index >= 15 is 0 Å². The van der Waals surface area contributed by atoms with Crippen LogP contribution < -0.4 is 5.32 Å². The highest BCUT2D eigenvalue weighted by molar-refractivity contribution is 5.91. The highest BCUT2D eigenvalue weighted by Gasteiger charge is 2.07. The Morgan fingerprint density at radius 1 is 0.871 bits per heavy atom. The number of benzene rings is 2. The number of fused-ring (bicyclic) bond motifs is 2. The summed E-state index contributed by atoms with van der Waals surface area (Å²) in [6.07, 6.45) is 5.97. The van der Waals surface area contributed by atoms with E-state index in [4.69, 9.17) is 0 Å². The monoisotopic (exact) mass is 410 g/mol. The Labute approximate surface area is 182 Å². The van der Waals surface area contributed by atoms with Gasteiger partial charge in [0.2, 0.25) is 0 Å². The Hall–Kier alpha value is -3.80. The fourth-order valence-electron chi connectivity index (χ4n) is 3.57. The molecule has 0 fully saturated rings. The molecule has 6 nitrogen and oxygen atoms in total. The van der Waals surface area contributed by atoms with E-state index in [0.717, 1.165) is 34.5 Å². The van der Waals surface area contributed by atoms with Gasteiger partial charge >= 0.3 is 0 Å². The lowest BCUT2D eigenvalue weighted by Crippen LogP contribution is -1.99. The van der Waals surface area contributed by atoms with Gasteiger partial charge in [0.25, 0.3) is 0 Å². The van der Waals surface area contributed by atoms with Gasteiger partial charge in [-0.3, -0.25) is 0 Å². The molecular formula is C25H26N6. The molecule has 156 valence electrons. The van der Waals surface area contributed by atoms with Crippen LogP contribution in [0, 0.1) is 13.8 Å². The molecule has 6 heteroatoms. The molecule has 0 amide bonds. The zero-order valence-corrected chi connectivity index (χ0v) is 18.3. The van der Waals surface area contributed by atoms with Gasteiger partial charge in [-0.2, -0.15) is 5.10 Å². The fraction of sp³-hybridized carbons (Fsp3) is 0.200. The summed E-state index contributed by atoms with van der Waals surface area (Å²) in [5, 5.41) is 8.63. The van der Waals surface area contributed by atoms with Gasteiger partial charge in [-0.25, -0.2) is 19.5 Å². The van der Waals surface area contributed by atoms with E-state index in [2.05, 4.69) is 81.7 Å². The molecule has 0 aliphatic heterocycles. The number of pyridine rings is 1. The smallest absolute Gasteiger partial charge is 0.155 e. The van der Waals surface area contributed by atoms with Gasteiger partial charge in [0, 0.05) is 17.3 Å². The van der Waals surface area contributed by atoms with E-state index in [1.807, 2.05) is 26.1 Å². The molecule has 0 aliphatic rings. The van der Waals surface area contributed by atoms with E-state index in [1.54, 1.807) is 17.2 Å². The molecule has 3 heterocycles. The average Bonchev–Trinajstić information content (AvgIpc) is 3.25. The maximum atomic E-state index is 4.45. The van der Waals surface area contributed by atoms with Gasteiger partial charge in [0.05, 0.1) is 5.52 Å². The van der Waals surface area contributed by atoms with Crippen LogP contribution in [0.3, 0.4) is 0 Å². The topological polar surface area (TPSA) is 68.0 Å². The molecule has 0 unspecified atom stereocenters. The number of nitrogens with one attached hydrogen (secondary N) is 1. The van der Waals surface area contributed by atoms with E-state index in [0.29, 0.717) is 0 Å². The summed E-state index contributed by atoms with van der Waals surface area (Å²) in [4.78, 5) is 13.1. The minimum Gasteiger partial charge on any atom is -0.340 e. The van der Waals surface area contributed by atoms with Gasteiger partial charge in [0.15, 0.2) is 5.65 Å². The Balaban J connectivity index is 0.00000112. The van der Waals surface area contributed by atoms with Crippen molar-refractivity contribution in [3.63, 3.8) is 0 Å². The summed E-state index contributed by atoms with van der Waals surface area (Å²) >= 11 is 0. The van der Waals surface area contributed by atoms with Crippen molar-refractivity contribution in [2.45, 2.75) is 34.1 Å². The SMILES string of the molecule is CC.Cc1ccc2ncnc(Nc3ccc(Cc4ccn5ncnc5c4)c(C)c3)c2c1. The van der Waals surface area contributed by atoms with E-state index < -0.39 is 0 Å². The van der Waals surface area contributed by atoms with Gasteiger partial charge in [-0.1, -0.05) is 31.5 Å². The molecule has 1 N–H and O–H groups in total. The maximum absolute atomic E-state index is 4.45. The highest BCUT2D eigenvalue weighted by Crippen LogP contribution is 2.26. The van der Waals surface area contributed by atoms with Crippen LogP contribution in [0.2, 0.25) is 0 Å². The molecule has 0 radical (unpaired) electrons. The van der Waals surface area contributed by atoms with Crippen molar-refractivity contribution in [3.8, 4) is 0 Å². The standard InChI is InChI=1S/C23H20N6.C2H6/c1-15-3-6-21-20(9-15)23(26-13-24-21)28-19-5-4-18(16(2)10-19)11-17-7-8-29-22(12-17)25-14-27-29;1-2/h3-10,12-14H,11H2,1-2H3,(H,24,26,28);1-2H3. The summed E-state index contributed by atoms with van der Waals surface area (Å²) in [6.45, 7) is 8.21. The second-order valence-corrected chi connectivity index (χ2v) is 7.28. The van der Waals surface area contributed by atoms with Gasteiger partial charge in [0.1, 0.15) is 18.5 Å². The lowest BCUT2D eigenvalue weighted by molar-refractivity contribution is 0.953. The van der Waals surface area contributed by atoms with Crippen molar-refractivity contribution in [2.75, 3.05) is 5.32 Å². The van der Waals surface area contributed by atoms with Crippen molar-refractivity contribution in [3.05, 3.63) is 89.6 Å². The summed E-state index contributed by atoms with van der Waals surface area (Å²) < 4.78 is 1.77. The molecule has 0 saturated carbocycles. The van der Waals surface area contributed by atoms with Crippen LogP contribution in [0.1, 0.15) is 36.1 Å². The zero-order valence-electron chi connectivity index (χ0n) is 18.3. The molecule has 5 rings (SSSR count). The molecule has 0 saturated heterocycles. The van der Waals surface area contributed by atoms with Crippen LogP contribution in [0.4, 0.5) is 11.5 Å². The number of nitrogens with zero attached hydrogens (tertiary/aromatic N) is 5. The van der Waals surface area contributed by atoms with Gasteiger partial charge in [-0.15, -0.1) is 0 Å². The van der Waals surface area contributed by atoms with Gasteiger partial charge < -0.3 is 5.32 Å². The van der Waals surface area contributed by atoms with Crippen LogP contribution >= 0.6 is 0 Å². The summed E-state index contributed by atoms with van der Waals surface area (Å²) in [5.74, 6) is 0.822. The number of aryl methyl sites for hydroxylation is 2. The molecule has 3 aromatic heterocycles. The number of hydrogen-bond donors (Lipinski definition) is 1. The van der Waals surface area contributed by atoms with Crippen molar-refractivity contribution >= 4 is 28.1 Å². The largest absolute Gasteiger partial charge is 0.340 e. The first kappa shape index (κ1) is 20.5.